The number of thiophene rings is 1. The fourth-order valence-electron chi connectivity index (χ4n) is 2.73. The molecule has 0 radical (unpaired) electrons. The van der Waals surface area contributed by atoms with E-state index in [-0.39, 0.29) is 18.1 Å². The number of amides is 1. The number of methoxy groups -OCH3 is 1. The summed E-state index contributed by atoms with van der Waals surface area (Å²) in [6.07, 6.45) is 1.95. The first kappa shape index (κ1) is 17.2. The minimum absolute atomic E-state index is 0.0909. The van der Waals surface area contributed by atoms with Crippen molar-refractivity contribution in [2.24, 2.45) is 4.99 Å². The van der Waals surface area contributed by atoms with Gasteiger partial charge in [-0.25, -0.2) is 9.79 Å². The molecule has 1 saturated heterocycles. The number of anilines is 1. The monoisotopic (exact) mass is 369 g/mol. The van der Waals surface area contributed by atoms with Crippen molar-refractivity contribution in [2.75, 3.05) is 31.3 Å². The highest BCUT2D eigenvalue weighted by Crippen LogP contribution is 2.47. The van der Waals surface area contributed by atoms with E-state index >= 15 is 0 Å². The molecule has 2 aliphatic rings. The predicted octanol–water partition coefficient (Wildman–Crippen LogP) is 2.35. The van der Waals surface area contributed by atoms with Gasteiger partial charge in [0.15, 0.2) is 0 Å². The lowest BCUT2D eigenvalue weighted by Crippen LogP contribution is -2.44. The molecule has 1 fully saturated rings. The van der Waals surface area contributed by atoms with Crippen LogP contribution in [0, 0.1) is 0 Å². The second kappa shape index (κ2) is 7.12. The van der Waals surface area contributed by atoms with Crippen LogP contribution in [0.5, 0.6) is 0 Å². The first-order valence-electron chi connectivity index (χ1n) is 7.59. The smallest absolute Gasteiger partial charge is 0.350 e. The fourth-order valence-corrected chi connectivity index (χ4v) is 4.87. The number of ether oxygens (including phenoxy) is 2. The molecule has 0 bridgehead atoms. The van der Waals surface area contributed by atoms with Gasteiger partial charge in [-0.2, -0.15) is 0 Å². The lowest BCUT2D eigenvalue weighted by molar-refractivity contribution is -0.113. The predicted molar refractivity (Wildman–Crippen MR) is 94.7 cm³/mol. The van der Waals surface area contributed by atoms with Crippen LogP contribution in [-0.4, -0.2) is 61.3 Å². The van der Waals surface area contributed by atoms with Gasteiger partial charge >= 0.3 is 5.97 Å². The number of fused-ring (bicyclic) bond motifs is 1. The highest BCUT2D eigenvalue weighted by atomic mass is 32.2. The van der Waals surface area contributed by atoms with E-state index in [0.29, 0.717) is 22.0 Å². The van der Waals surface area contributed by atoms with E-state index in [1.54, 1.807) is 6.34 Å². The Kier molecular flexibility index (Phi) is 5.12. The number of carbonyl (C=O) groups is 2. The van der Waals surface area contributed by atoms with E-state index in [1.165, 1.54) is 30.2 Å². The van der Waals surface area contributed by atoms with Crippen LogP contribution in [-0.2, 0) is 14.3 Å². The van der Waals surface area contributed by atoms with E-state index in [4.69, 9.17) is 9.47 Å². The highest BCUT2D eigenvalue weighted by molar-refractivity contribution is 8.02. The van der Waals surface area contributed by atoms with Crippen LogP contribution in [0.4, 0.5) is 11.4 Å². The molecule has 130 valence electrons. The molecule has 24 heavy (non-hydrogen) atoms. The zero-order chi connectivity index (χ0) is 17.3. The summed E-state index contributed by atoms with van der Waals surface area (Å²) in [4.78, 5) is 30.7. The zero-order valence-electron chi connectivity index (χ0n) is 13.7. The number of hydrogen-bond donors (Lipinski definition) is 1. The van der Waals surface area contributed by atoms with Crippen molar-refractivity contribution in [1.29, 1.82) is 0 Å². The van der Waals surface area contributed by atoms with E-state index in [2.05, 4.69) is 15.2 Å². The van der Waals surface area contributed by atoms with E-state index in [0.717, 1.165) is 17.3 Å². The van der Waals surface area contributed by atoms with Crippen molar-refractivity contribution in [1.82, 2.24) is 4.90 Å². The van der Waals surface area contributed by atoms with E-state index < -0.39 is 5.97 Å². The first-order chi connectivity index (χ1) is 11.5. The normalized spacial score (nSPS) is 24.0. The summed E-state index contributed by atoms with van der Waals surface area (Å²) in [6.45, 7) is 5.49. The maximum absolute atomic E-state index is 12.0. The lowest BCUT2D eigenvalue weighted by Gasteiger charge is -2.33. The van der Waals surface area contributed by atoms with Gasteiger partial charge in [-0.3, -0.25) is 4.79 Å². The SMILES string of the molecule is COC(=O)c1sc2c(c1N=CN1CC(C)OC(C)C1)NC(=O)CS2. The molecule has 0 aliphatic carbocycles. The lowest BCUT2D eigenvalue weighted by atomic mass is 10.2. The van der Waals surface area contributed by atoms with Crippen LogP contribution in [0.15, 0.2) is 9.20 Å². The number of hydrogen-bond acceptors (Lipinski definition) is 7. The van der Waals surface area contributed by atoms with E-state index in [1.807, 2.05) is 13.8 Å². The molecule has 0 aromatic carbocycles. The number of carbonyl (C=O) groups excluding carboxylic acids is 2. The number of thioether (sulfide) groups is 1. The molecular formula is C15H19N3O4S2. The third-order valence-corrected chi connectivity index (χ3v) is 6.05. The van der Waals surface area contributed by atoms with Gasteiger partial charge in [0.25, 0.3) is 0 Å². The Morgan fingerprint density at radius 2 is 2.12 bits per heavy atom. The second-order valence-electron chi connectivity index (χ2n) is 5.73. The van der Waals surface area contributed by atoms with Crippen molar-refractivity contribution in [3.8, 4) is 0 Å². The molecule has 7 nitrogen and oxygen atoms in total. The number of esters is 1. The molecule has 1 aromatic rings. The van der Waals surface area contributed by atoms with Crippen molar-refractivity contribution < 1.29 is 19.1 Å². The molecule has 1 aromatic heterocycles. The summed E-state index contributed by atoms with van der Waals surface area (Å²) in [5.41, 5.74) is 1.07. The fraction of sp³-hybridized carbons (Fsp3) is 0.533. The summed E-state index contributed by atoms with van der Waals surface area (Å²) >= 11 is 2.71. The van der Waals surface area contributed by atoms with Crippen LogP contribution in [0.2, 0.25) is 0 Å². The molecule has 1 N–H and O–H groups in total. The molecule has 3 rings (SSSR count). The summed E-state index contributed by atoms with van der Waals surface area (Å²) in [5.74, 6) is -0.192. The average molecular weight is 369 g/mol. The Balaban J connectivity index is 1.91. The first-order valence-corrected chi connectivity index (χ1v) is 9.39. The molecule has 9 heteroatoms. The van der Waals surface area contributed by atoms with Gasteiger partial charge in [0, 0.05) is 13.1 Å². The summed E-state index contributed by atoms with van der Waals surface area (Å²) in [5, 5.41) is 2.82. The topological polar surface area (TPSA) is 80.2 Å². The van der Waals surface area contributed by atoms with Gasteiger partial charge in [-0.15, -0.1) is 23.1 Å². The van der Waals surface area contributed by atoms with Crippen molar-refractivity contribution in [3.63, 3.8) is 0 Å². The van der Waals surface area contributed by atoms with Crippen molar-refractivity contribution in [2.45, 2.75) is 30.3 Å². The van der Waals surface area contributed by atoms with Crippen LogP contribution in [0.1, 0.15) is 23.5 Å². The Morgan fingerprint density at radius 1 is 1.42 bits per heavy atom. The zero-order valence-corrected chi connectivity index (χ0v) is 15.3. The van der Waals surface area contributed by atoms with Gasteiger partial charge in [0.2, 0.25) is 5.91 Å². The number of nitrogens with one attached hydrogen (secondary N) is 1. The summed E-state index contributed by atoms with van der Waals surface area (Å²) in [7, 11) is 1.34. The second-order valence-corrected chi connectivity index (χ2v) is 7.99. The third-order valence-electron chi connectivity index (χ3n) is 3.62. The van der Waals surface area contributed by atoms with Crippen LogP contribution in [0.3, 0.4) is 0 Å². The Morgan fingerprint density at radius 3 is 2.79 bits per heavy atom. The van der Waals surface area contributed by atoms with E-state index in [9.17, 15) is 9.59 Å². The van der Waals surface area contributed by atoms with Crippen molar-refractivity contribution in [3.05, 3.63) is 4.88 Å². The van der Waals surface area contributed by atoms with Crippen LogP contribution >= 0.6 is 23.1 Å². The minimum Gasteiger partial charge on any atom is -0.465 e. The maximum atomic E-state index is 12.0. The van der Waals surface area contributed by atoms with Gasteiger partial charge in [0.05, 0.1) is 41.3 Å². The third kappa shape index (κ3) is 3.57. The molecular weight excluding hydrogens is 350 g/mol. The van der Waals surface area contributed by atoms with Crippen molar-refractivity contribution >= 4 is 52.7 Å². The quantitative estimate of drug-likeness (QED) is 0.500. The van der Waals surface area contributed by atoms with Gasteiger partial charge in [0.1, 0.15) is 10.6 Å². The van der Waals surface area contributed by atoms with Crippen LogP contribution < -0.4 is 5.32 Å². The number of rotatable bonds is 3. The molecule has 2 atom stereocenters. The molecule has 1 amide bonds. The van der Waals surface area contributed by atoms with Gasteiger partial charge < -0.3 is 19.7 Å². The Hall–Kier alpha value is -1.58. The molecule has 0 saturated carbocycles. The number of morpholine rings is 1. The molecule has 3 heterocycles. The van der Waals surface area contributed by atoms with Gasteiger partial charge in [-0.1, -0.05) is 0 Å². The molecule has 2 aliphatic heterocycles. The molecule has 2 unspecified atom stereocenters. The number of nitrogens with zero attached hydrogens (tertiary/aromatic N) is 2. The standard InChI is InChI=1S/C15H19N3O4S2/c1-8-4-18(5-9(2)22-8)7-16-11-12-15(23-6-10(19)17-12)24-13(11)14(20)21-3/h7-9H,4-6H2,1-3H3,(H,17,19). The summed E-state index contributed by atoms with van der Waals surface area (Å²) in [6, 6.07) is 0. The highest BCUT2D eigenvalue weighted by Gasteiger charge is 2.28. The summed E-state index contributed by atoms with van der Waals surface area (Å²) < 4.78 is 11.4. The molecule has 0 spiro atoms. The maximum Gasteiger partial charge on any atom is 0.350 e. The largest absolute Gasteiger partial charge is 0.465 e. The number of aliphatic imine (C=N–C) groups is 1. The minimum atomic E-state index is -0.444. The van der Waals surface area contributed by atoms with Crippen LogP contribution in [0.25, 0.3) is 0 Å². The Bertz CT molecular complexity index is 679. The van der Waals surface area contributed by atoms with Gasteiger partial charge in [-0.05, 0) is 13.8 Å². The Labute approximate surface area is 148 Å². The average Bonchev–Trinajstić information content (AvgIpc) is 2.89.